The summed E-state index contributed by atoms with van der Waals surface area (Å²) in [5, 5.41) is 0. The van der Waals surface area contributed by atoms with Crippen molar-refractivity contribution in [3.63, 3.8) is 0 Å². The van der Waals surface area contributed by atoms with Crippen LogP contribution in [0, 0.1) is 0 Å². The number of benzene rings is 2. The zero-order chi connectivity index (χ0) is 18.5. The summed E-state index contributed by atoms with van der Waals surface area (Å²) in [6.45, 7) is 2.96. The first kappa shape index (κ1) is 17.4. The number of aromatic nitrogens is 3. The Balaban J connectivity index is 1.70. The van der Waals surface area contributed by atoms with Crippen LogP contribution in [-0.4, -0.2) is 48.4 Å². The van der Waals surface area contributed by atoms with Gasteiger partial charge in [-0.25, -0.2) is 4.98 Å². The lowest BCUT2D eigenvalue weighted by atomic mass is 10.1. The molecule has 0 amide bonds. The Morgan fingerprint density at radius 2 is 1.67 bits per heavy atom. The van der Waals surface area contributed by atoms with E-state index in [9.17, 15) is 0 Å². The molecule has 2 aromatic carbocycles. The Hall–Kier alpha value is -2.99. The van der Waals surface area contributed by atoms with E-state index in [1.54, 1.807) is 7.11 Å². The maximum Gasteiger partial charge on any atom is 0.229 e. The number of anilines is 1. The van der Waals surface area contributed by atoms with Crippen molar-refractivity contribution in [2.24, 2.45) is 0 Å². The maximum absolute atomic E-state index is 5.46. The van der Waals surface area contributed by atoms with Crippen molar-refractivity contribution < 1.29 is 9.47 Å². The molecule has 6 nitrogen and oxygen atoms in total. The molecular formula is C21H22N4O2. The molecule has 0 atom stereocenters. The highest BCUT2D eigenvalue weighted by Gasteiger charge is 2.17. The van der Waals surface area contributed by atoms with Gasteiger partial charge in [-0.1, -0.05) is 30.3 Å². The van der Waals surface area contributed by atoms with Gasteiger partial charge in [-0.05, 0) is 29.8 Å². The molecule has 1 saturated heterocycles. The van der Waals surface area contributed by atoms with Crippen LogP contribution in [0.15, 0.2) is 54.6 Å². The van der Waals surface area contributed by atoms with Crippen LogP contribution in [0.25, 0.3) is 11.4 Å². The molecule has 0 aliphatic carbocycles. The average molecular weight is 362 g/mol. The molecule has 0 N–H and O–H groups in total. The third-order valence-electron chi connectivity index (χ3n) is 4.52. The zero-order valence-corrected chi connectivity index (χ0v) is 15.3. The fourth-order valence-corrected chi connectivity index (χ4v) is 3.04. The highest BCUT2D eigenvalue weighted by Crippen LogP contribution is 2.22. The second-order valence-electron chi connectivity index (χ2n) is 6.37. The Morgan fingerprint density at radius 3 is 2.37 bits per heavy atom. The smallest absolute Gasteiger partial charge is 0.229 e. The summed E-state index contributed by atoms with van der Waals surface area (Å²) in [6, 6.07) is 18.0. The first-order valence-corrected chi connectivity index (χ1v) is 9.08. The molecule has 27 heavy (non-hydrogen) atoms. The largest absolute Gasteiger partial charge is 0.497 e. The van der Waals surface area contributed by atoms with Gasteiger partial charge in [0.15, 0.2) is 5.82 Å². The number of hydrogen-bond donors (Lipinski definition) is 0. The van der Waals surface area contributed by atoms with Crippen LogP contribution in [0.1, 0.15) is 11.4 Å². The van der Waals surface area contributed by atoms with Gasteiger partial charge in [0.2, 0.25) is 5.95 Å². The summed E-state index contributed by atoms with van der Waals surface area (Å²) in [6.07, 6.45) is 0.670. The fraction of sp³-hybridized carbons (Fsp3) is 0.286. The van der Waals surface area contributed by atoms with Gasteiger partial charge in [0.1, 0.15) is 11.6 Å². The molecule has 1 fully saturated rings. The van der Waals surface area contributed by atoms with Crippen molar-refractivity contribution in [3.8, 4) is 17.1 Å². The number of hydrogen-bond acceptors (Lipinski definition) is 6. The number of nitrogens with zero attached hydrogens (tertiary/aromatic N) is 4. The van der Waals surface area contributed by atoms with E-state index in [0.717, 1.165) is 30.2 Å². The minimum atomic E-state index is 0.670. The first-order valence-electron chi connectivity index (χ1n) is 9.08. The minimum Gasteiger partial charge on any atom is -0.497 e. The van der Waals surface area contributed by atoms with E-state index in [1.165, 1.54) is 5.56 Å². The quantitative estimate of drug-likeness (QED) is 0.695. The summed E-state index contributed by atoms with van der Waals surface area (Å²) < 4.78 is 10.7. The lowest BCUT2D eigenvalue weighted by molar-refractivity contribution is 0.122. The van der Waals surface area contributed by atoms with Gasteiger partial charge in [0.05, 0.1) is 20.3 Å². The number of rotatable bonds is 5. The molecule has 0 bridgehead atoms. The Labute approximate surface area is 158 Å². The van der Waals surface area contributed by atoms with Crippen LogP contribution in [-0.2, 0) is 11.2 Å². The summed E-state index contributed by atoms with van der Waals surface area (Å²) in [5.74, 6) is 2.97. The molecule has 1 aliphatic rings. The zero-order valence-electron chi connectivity index (χ0n) is 15.3. The molecule has 0 unspecified atom stereocenters. The normalized spacial score (nSPS) is 14.2. The van der Waals surface area contributed by atoms with E-state index < -0.39 is 0 Å². The average Bonchev–Trinajstić information content (AvgIpc) is 2.75. The first-order chi connectivity index (χ1) is 13.3. The van der Waals surface area contributed by atoms with E-state index >= 15 is 0 Å². The number of ether oxygens (including phenoxy) is 2. The summed E-state index contributed by atoms with van der Waals surface area (Å²) in [7, 11) is 1.66. The van der Waals surface area contributed by atoms with E-state index in [-0.39, 0.29) is 0 Å². The van der Waals surface area contributed by atoms with Gasteiger partial charge in [-0.3, -0.25) is 0 Å². The SMILES string of the molecule is COc1ccc(-c2nc(Cc3ccccc3)nc(N3CCOCC3)n2)cc1. The van der Waals surface area contributed by atoms with Gasteiger partial charge in [-0.2, -0.15) is 9.97 Å². The minimum absolute atomic E-state index is 0.670. The second-order valence-corrected chi connectivity index (χ2v) is 6.37. The third kappa shape index (κ3) is 4.23. The van der Waals surface area contributed by atoms with Crippen LogP contribution in [0.2, 0.25) is 0 Å². The predicted molar refractivity (Wildman–Crippen MR) is 104 cm³/mol. The maximum atomic E-state index is 5.46. The molecule has 6 heteroatoms. The lowest BCUT2D eigenvalue weighted by Gasteiger charge is -2.27. The Bertz CT molecular complexity index is 878. The van der Waals surface area contributed by atoms with Crippen molar-refractivity contribution >= 4 is 5.95 Å². The van der Waals surface area contributed by atoms with Crippen LogP contribution >= 0.6 is 0 Å². The molecule has 0 radical (unpaired) electrons. The van der Waals surface area contributed by atoms with Crippen LogP contribution < -0.4 is 9.64 Å². The standard InChI is InChI=1S/C21H22N4O2/c1-26-18-9-7-17(8-10-18)20-22-19(15-16-5-3-2-4-6-16)23-21(24-20)25-11-13-27-14-12-25/h2-10H,11-15H2,1H3. The molecule has 2 heterocycles. The van der Waals surface area contributed by atoms with Crippen LogP contribution in [0.4, 0.5) is 5.95 Å². The van der Waals surface area contributed by atoms with Crippen molar-refractivity contribution in [3.05, 3.63) is 66.0 Å². The van der Waals surface area contributed by atoms with Crippen molar-refractivity contribution in [2.45, 2.75) is 6.42 Å². The van der Waals surface area contributed by atoms with Gasteiger partial charge >= 0.3 is 0 Å². The van der Waals surface area contributed by atoms with E-state index in [2.05, 4.69) is 17.0 Å². The highest BCUT2D eigenvalue weighted by molar-refractivity contribution is 5.57. The Kier molecular flexibility index (Phi) is 5.25. The van der Waals surface area contributed by atoms with Gasteiger partial charge in [0.25, 0.3) is 0 Å². The number of methoxy groups -OCH3 is 1. The topological polar surface area (TPSA) is 60.4 Å². The second kappa shape index (κ2) is 8.14. The summed E-state index contributed by atoms with van der Waals surface area (Å²) in [4.78, 5) is 16.4. The van der Waals surface area contributed by atoms with Crippen molar-refractivity contribution in [2.75, 3.05) is 38.3 Å². The molecule has 0 saturated carbocycles. The van der Waals surface area contributed by atoms with Crippen LogP contribution in [0.3, 0.4) is 0 Å². The number of morpholine rings is 1. The van der Waals surface area contributed by atoms with E-state index in [1.807, 2.05) is 42.5 Å². The van der Waals surface area contributed by atoms with Crippen LogP contribution in [0.5, 0.6) is 5.75 Å². The van der Waals surface area contributed by atoms with Crippen molar-refractivity contribution in [1.29, 1.82) is 0 Å². The van der Waals surface area contributed by atoms with Crippen molar-refractivity contribution in [1.82, 2.24) is 15.0 Å². The molecular weight excluding hydrogens is 340 g/mol. The van der Waals surface area contributed by atoms with Gasteiger partial charge in [-0.15, -0.1) is 0 Å². The van der Waals surface area contributed by atoms with E-state index in [4.69, 9.17) is 24.4 Å². The van der Waals surface area contributed by atoms with Gasteiger partial charge in [0, 0.05) is 25.1 Å². The highest BCUT2D eigenvalue weighted by atomic mass is 16.5. The summed E-state index contributed by atoms with van der Waals surface area (Å²) >= 11 is 0. The molecule has 1 aromatic heterocycles. The molecule has 4 rings (SSSR count). The Morgan fingerprint density at radius 1 is 0.926 bits per heavy atom. The van der Waals surface area contributed by atoms with E-state index in [0.29, 0.717) is 31.4 Å². The fourth-order valence-electron chi connectivity index (χ4n) is 3.04. The van der Waals surface area contributed by atoms with Gasteiger partial charge < -0.3 is 14.4 Å². The molecule has 1 aliphatic heterocycles. The summed E-state index contributed by atoms with van der Waals surface area (Å²) in [5.41, 5.74) is 2.12. The monoisotopic (exact) mass is 362 g/mol. The predicted octanol–water partition coefficient (Wildman–Crippen LogP) is 2.97. The lowest BCUT2D eigenvalue weighted by Crippen LogP contribution is -2.37. The molecule has 138 valence electrons. The third-order valence-corrected chi connectivity index (χ3v) is 4.52. The molecule has 0 spiro atoms. The molecule has 3 aromatic rings.